The van der Waals surface area contributed by atoms with Gasteiger partial charge in [-0.25, -0.2) is 0 Å². The van der Waals surface area contributed by atoms with Crippen molar-refractivity contribution in [2.75, 3.05) is 11.1 Å². The van der Waals surface area contributed by atoms with Crippen molar-refractivity contribution in [2.24, 2.45) is 5.73 Å². The third-order valence-electron chi connectivity index (χ3n) is 2.74. The van der Waals surface area contributed by atoms with Crippen molar-refractivity contribution in [3.8, 4) is 0 Å². The fourth-order valence-electron chi connectivity index (χ4n) is 1.85. The van der Waals surface area contributed by atoms with Crippen LogP contribution in [0.25, 0.3) is 10.9 Å². The van der Waals surface area contributed by atoms with Gasteiger partial charge in [0, 0.05) is 11.1 Å². The summed E-state index contributed by atoms with van der Waals surface area (Å²) in [7, 11) is 0. The molecule has 0 atom stereocenters. The molecule has 0 saturated carbocycles. The van der Waals surface area contributed by atoms with Gasteiger partial charge in [-0.3, -0.25) is 15.0 Å². The molecule has 2 aromatic heterocycles. The second kappa shape index (κ2) is 4.02. The fraction of sp³-hybridized carbons (Fsp3) is 0. The van der Waals surface area contributed by atoms with Gasteiger partial charge in [0.1, 0.15) is 11.4 Å². The summed E-state index contributed by atoms with van der Waals surface area (Å²) in [6.07, 6.45) is 1.70. The van der Waals surface area contributed by atoms with Crippen LogP contribution in [0.15, 0.2) is 24.4 Å². The summed E-state index contributed by atoms with van der Waals surface area (Å²) in [4.78, 5) is 11.3. The van der Waals surface area contributed by atoms with Gasteiger partial charge in [-0.05, 0) is 18.2 Å². The van der Waals surface area contributed by atoms with Gasteiger partial charge in [0.05, 0.1) is 11.7 Å². The summed E-state index contributed by atoms with van der Waals surface area (Å²) in [5, 5.41) is 17.1. The van der Waals surface area contributed by atoms with Gasteiger partial charge in [0.15, 0.2) is 5.82 Å². The number of H-pyrrole nitrogens is 2. The highest BCUT2D eigenvalue weighted by molar-refractivity contribution is 6.02. The molecule has 0 aliphatic heterocycles. The molecule has 1 aromatic carbocycles. The zero-order valence-electron chi connectivity index (χ0n) is 9.77. The number of nitrogens with zero attached hydrogens (tertiary/aromatic N) is 2. The van der Waals surface area contributed by atoms with Crippen LogP contribution in [0.2, 0.25) is 0 Å². The summed E-state index contributed by atoms with van der Waals surface area (Å²) >= 11 is 0. The van der Waals surface area contributed by atoms with E-state index in [-0.39, 0.29) is 11.4 Å². The molecule has 3 rings (SSSR count). The van der Waals surface area contributed by atoms with Gasteiger partial charge in [0.2, 0.25) is 0 Å². The molecular formula is C11H11N7O. The van der Waals surface area contributed by atoms with E-state index in [1.165, 1.54) is 0 Å². The summed E-state index contributed by atoms with van der Waals surface area (Å²) in [5.41, 5.74) is 12.7. The topological polar surface area (TPSA) is 138 Å². The van der Waals surface area contributed by atoms with Crippen molar-refractivity contribution < 1.29 is 4.79 Å². The molecule has 8 nitrogen and oxygen atoms in total. The number of primary amides is 1. The van der Waals surface area contributed by atoms with E-state index in [2.05, 4.69) is 25.7 Å². The largest absolute Gasteiger partial charge is 0.383 e. The number of carbonyl (C=O) groups excluding carboxylic acids is 1. The number of amides is 1. The van der Waals surface area contributed by atoms with E-state index >= 15 is 0 Å². The van der Waals surface area contributed by atoms with E-state index < -0.39 is 5.91 Å². The van der Waals surface area contributed by atoms with E-state index in [0.29, 0.717) is 5.82 Å². The number of nitrogens with two attached hydrogens (primary N) is 2. The highest BCUT2D eigenvalue weighted by Crippen LogP contribution is 2.24. The molecule has 3 aromatic rings. The van der Waals surface area contributed by atoms with E-state index in [9.17, 15) is 4.79 Å². The second-order valence-corrected chi connectivity index (χ2v) is 4.02. The number of aromatic nitrogens is 4. The lowest BCUT2D eigenvalue weighted by molar-refractivity contribution is 0.100. The monoisotopic (exact) mass is 257 g/mol. The minimum absolute atomic E-state index is 0.138. The Morgan fingerprint density at radius 2 is 2.16 bits per heavy atom. The Balaban J connectivity index is 1.98. The SMILES string of the molecule is NC(=O)c1c(Nc2ccc3[nH]ncc3c2)n[nH]c1N. The highest BCUT2D eigenvalue weighted by Gasteiger charge is 2.16. The number of carbonyl (C=O) groups is 1. The van der Waals surface area contributed by atoms with Gasteiger partial charge < -0.3 is 16.8 Å². The van der Waals surface area contributed by atoms with Crippen LogP contribution in [0.1, 0.15) is 10.4 Å². The zero-order valence-corrected chi connectivity index (χ0v) is 9.77. The molecule has 0 spiro atoms. The fourth-order valence-corrected chi connectivity index (χ4v) is 1.85. The zero-order chi connectivity index (χ0) is 13.4. The van der Waals surface area contributed by atoms with Crippen molar-refractivity contribution in [3.63, 3.8) is 0 Å². The van der Waals surface area contributed by atoms with Crippen molar-refractivity contribution >= 4 is 34.1 Å². The third-order valence-corrected chi connectivity index (χ3v) is 2.74. The Labute approximate surface area is 107 Å². The molecule has 0 fully saturated rings. The molecule has 0 bridgehead atoms. The average Bonchev–Trinajstić information content (AvgIpc) is 2.95. The van der Waals surface area contributed by atoms with Crippen molar-refractivity contribution in [1.29, 1.82) is 0 Å². The minimum Gasteiger partial charge on any atom is -0.383 e. The van der Waals surface area contributed by atoms with Crippen LogP contribution < -0.4 is 16.8 Å². The smallest absolute Gasteiger partial charge is 0.256 e. The van der Waals surface area contributed by atoms with Crippen molar-refractivity contribution in [3.05, 3.63) is 30.0 Å². The predicted molar refractivity (Wildman–Crippen MR) is 70.9 cm³/mol. The lowest BCUT2D eigenvalue weighted by Gasteiger charge is -2.04. The van der Waals surface area contributed by atoms with Crippen LogP contribution in [0.3, 0.4) is 0 Å². The molecule has 0 aliphatic carbocycles. The van der Waals surface area contributed by atoms with Crippen LogP contribution in [0.4, 0.5) is 17.3 Å². The summed E-state index contributed by atoms with van der Waals surface area (Å²) in [6.45, 7) is 0. The number of aromatic amines is 2. The Kier molecular flexibility index (Phi) is 2.34. The van der Waals surface area contributed by atoms with E-state index in [1.807, 2.05) is 18.2 Å². The van der Waals surface area contributed by atoms with Crippen LogP contribution in [0, 0.1) is 0 Å². The molecular weight excluding hydrogens is 246 g/mol. The standard InChI is InChI=1S/C11H11N7O/c12-9-8(10(13)19)11(18-17-9)15-6-1-2-7-5(3-6)4-14-16-7/h1-4H,(H2,13,19)(H,14,16)(H4,12,15,17,18). The lowest BCUT2D eigenvalue weighted by Crippen LogP contribution is -2.14. The number of hydrogen-bond acceptors (Lipinski definition) is 5. The number of fused-ring (bicyclic) bond motifs is 1. The van der Waals surface area contributed by atoms with E-state index in [0.717, 1.165) is 16.6 Å². The molecule has 0 unspecified atom stereocenters. The maximum Gasteiger partial charge on any atom is 0.256 e. The molecule has 96 valence electrons. The Morgan fingerprint density at radius 1 is 1.32 bits per heavy atom. The molecule has 7 N–H and O–H groups in total. The highest BCUT2D eigenvalue weighted by atomic mass is 16.1. The Hall–Kier alpha value is -3.03. The number of benzene rings is 1. The van der Waals surface area contributed by atoms with Crippen LogP contribution in [-0.4, -0.2) is 26.3 Å². The van der Waals surface area contributed by atoms with Gasteiger partial charge in [-0.15, -0.1) is 0 Å². The molecule has 0 saturated heterocycles. The molecule has 0 radical (unpaired) electrons. The first kappa shape index (κ1) is 11.1. The van der Waals surface area contributed by atoms with Gasteiger partial charge in [-0.2, -0.15) is 10.2 Å². The first-order valence-corrected chi connectivity index (χ1v) is 5.49. The minimum atomic E-state index is -0.641. The maximum atomic E-state index is 11.3. The molecule has 2 heterocycles. The maximum absolute atomic E-state index is 11.3. The normalized spacial score (nSPS) is 10.7. The van der Waals surface area contributed by atoms with Crippen LogP contribution in [0.5, 0.6) is 0 Å². The number of nitrogens with one attached hydrogen (secondary N) is 3. The van der Waals surface area contributed by atoms with Crippen LogP contribution in [-0.2, 0) is 0 Å². The Morgan fingerprint density at radius 3 is 2.95 bits per heavy atom. The van der Waals surface area contributed by atoms with Gasteiger partial charge in [0.25, 0.3) is 5.91 Å². The van der Waals surface area contributed by atoms with E-state index in [1.54, 1.807) is 6.20 Å². The Bertz CT molecular complexity index is 757. The summed E-state index contributed by atoms with van der Waals surface area (Å²) in [6, 6.07) is 5.56. The number of rotatable bonds is 3. The molecule has 8 heteroatoms. The first-order valence-electron chi connectivity index (χ1n) is 5.49. The summed E-state index contributed by atoms with van der Waals surface area (Å²) in [5.74, 6) is -0.203. The number of hydrogen-bond donors (Lipinski definition) is 5. The van der Waals surface area contributed by atoms with Crippen LogP contribution >= 0.6 is 0 Å². The van der Waals surface area contributed by atoms with Gasteiger partial charge in [-0.1, -0.05) is 0 Å². The molecule has 0 aliphatic rings. The molecule has 1 amide bonds. The lowest BCUT2D eigenvalue weighted by atomic mass is 10.2. The second-order valence-electron chi connectivity index (χ2n) is 4.02. The first-order chi connectivity index (χ1) is 9.15. The van der Waals surface area contributed by atoms with Crippen molar-refractivity contribution in [1.82, 2.24) is 20.4 Å². The predicted octanol–water partition coefficient (Wildman–Crippen LogP) is 0.711. The summed E-state index contributed by atoms with van der Waals surface area (Å²) < 4.78 is 0. The van der Waals surface area contributed by atoms with E-state index in [4.69, 9.17) is 11.5 Å². The quantitative estimate of drug-likeness (QED) is 0.470. The number of anilines is 3. The van der Waals surface area contributed by atoms with Crippen molar-refractivity contribution in [2.45, 2.75) is 0 Å². The molecule has 19 heavy (non-hydrogen) atoms. The third kappa shape index (κ3) is 1.84. The average molecular weight is 257 g/mol. The van der Waals surface area contributed by atoms with Gasteiger partial charge >= 0.3 is 0 Å². The number of nitrogen functional groups attached to an aromatic ring is 1.